The quantitative estimate of drug-likeness (QED) is 0.128. The van der Waals surface area contributed by atoms with Gasteiger partial charge in [-0.3, -0.25) is 10.0 Å². The van der Waals surface area contributed by atoms with Gasteiger partial charge < -0.3 is 14.2 Å². The van der Waals surface area contributed by atoms with Gasteiger partial charge in [0.25, 0.3) is 5.91 Å². The van der Waals surface area contributed by atoms with E-state index < -0.39 is 5.91 Å². The van der Waals surface area contributed by atoms with Crippen LogP contribution in [0.2, 0.25) is 0 Å². The van der Waals surface area contributed by atoms with Crippen molar-refractivity contribution in [1.29, 1.82) is 0 Å². The van der Waals surface area contributed by atoms with Crippen molar-refractivity contribution in [2.45, 2.75) is 77.3 Å². The zero-order chi connectivity index (χ0) is 25.9. The lowest BCUT2D eigenvalue weighted by atomic mass is 9.81. The minimum absolute atomic E-state index is 0.422. The van der Waals surface area contributed by atoms with E-state index in [0.29, 0.717) is 18.7 Å². The predicted octanol–water partition coefficient (Wildman–Crippen LogP) is 6.80. The van der Waals surface area contributed by atoms with Crippen LogP contribution in [0.4, 0.5) is 0 Å². The van der Waals surface area contributed by atoms with Crippen LogP contribution in [0, 0.1) is 5.92 Å². The Kier molecular flexibility index (Phi) is 10.4. The van der Waals surface area contributed by atoms with E-state index in [-0.39, 0.29) is 0 Å². The van der Waals surface area contributed by atoms with E-state index in [2.05, 4.69) is 28.6 Å². The molecule has 0 bridgehead atoms. The number of nitrogens with one attached hydrogen (secondary N) is 1. The van der Waals surface area contributed by atoms with Crippen LogP contribution in [0.3, 0.4) is 0 Å². The van der Waals surface area contributed by atoms with Gasteiger partial charge in [0.1, 0.15) is 12.4 Å². The summed E-state index contributed by atoms with van der Waals surface area (Å²) >= 11 is 0. The maximum Gasteiger partial charge on any atom is 0.274 e. The Balaban J connectivity index is 1.11. The molecule has 6 nitrogen and oxygen atoms in total. The maximum atomic E-state index is 11.7. The monoisotopic (exact) mass is 505 g/mol. The zero-order valence-electron chi connectivity index (χ0n) is 22.3. The Hall–Kier alpha value is -2.83. The first-order chi connectivity index (χ1) is 18.1. The Morgan fingerprint density at radius 1 is 1.03 bits per heavy atom. The number of fused-ring (bicyclic) bond motifs is 1. The van der Waals surface area contributed by atoms with Gasteiger partial charge >= 0.3 is 0 Å². The topological polar surface area (TPSA) is 66.7 Å². The SMILES string of the molecule is CN(CCCCCCCCC1CCC1)Cc1ccc(OCCn2ccc3ccc(C(=O)NO)cc32)cc1. The fourth-order valence-electron chi connectivity index (χ4n) is 5.23. The van der Waals surface area contributed by atoms with Crippen molar-refractivity contribution in [2.24, 2.45) is 5.92 Å². The highest BCUT2D eigenvalue weighted by molar-refractivity contribution is 5.97. The standard InChI is InChI=1S/C31H43N3O3/c1-33(19-7-5-3-2-4-6-9-25-10-8-11-25)24-26-12-16-29(17-13-26)37-22-21-34-20-18-27-14-15-28(23-30(27)34)31(35)32-36/h12-18,20,23,25,36H,2-11,19,21-22,24H2,1H3,(H,32,35). The highest BCUT2D eigenvalue weighted by atomic mass is 16.5. The number of nitrogens with zero attached hydrogens (tertiary/aromatic N) is 2. The molecule has 0 radical (unpaired) electrons. The van der Waals surface area contributed by atoms with Gasteiger partial charge in [-0.25, -0.2) is 5.48 Å². The predicted molar refractivity (Wildman–Crippen MR) is 149 cm³/mol. The molecule has 1 fully saturated rings. The van der Waals surface area contributed by atoms with Crippen molar-refractivity contribution in [3.8, 4) is 5.75 Å². The number of carbonyl (C=O) groups excluding carboxylic acids is 1. The number of benzene rings is 2. The van der Waals surface area contributed by atoms with Gasteiger partial charge in [0.05, 0.1) is 6.54 Å². The molecule has 1 heterocycles. The fourth-order valence-corrected chi connectivity index (χ4v) is 5.23. The minimum Gasteiger partial charge on any atom is -0.492 e. The molecule has 1 aliphatic carbocycles. The zero-order valence-corrected chi connectivity index (χ0v) is 22.3. The number of amides is 1. The molecular formula is C31H43N3O3. The summed E-state index contributed by atoms with van der Waals surface area (Å²) in [6, 6.07) is 15.8. The van der Waals surface area contributed by atoms with Gasteiger partial charge in [-0.15, -0.1) is 0 Å². The van der Waals surface area contributed by atoms with Crippen molar-refractivity contribution in [1.82, 2.24) is 14.9 Å². The first kappa shape index (κ1) is 27.2. The third kappa shape index (κ3) is 8.34. The summed E-state index contributed by atoms with van der Waals surface area (Å²) in [5.74, 6) is 1.42. The largest absolute Gasteiger partial charge is 0.492 e. The third-order valence-electron chi connectivity index (χ3n) is 7.74. The van der Waals surface area contributed by atoms with E-state index in [1.54, 1.807) is 17.6 Å². The van der Waals surface area contributed by atoms with Crippen molar-refractivity contribution in [2.75, 3.05) is 20.2 Å². The lowest BCUT2D eigenvalue weighted by Crippen LogP contribution is -2.19. The summed E-state index contributed by atoms with van der Waals surface area (Å²) < 4.78 is 8.03. The molecule has 6 heteroatoms. The molecule has 1 aliphatic rings. The molecule has 1 aromatic heterocycles. The molecule has 2 aromatic carbocycles. The van der Waals surface area contributed by atoms with E-state index in [0.717, 1.165) is 35.7 Å². The van der Waals surface area contributed by atoms with Crippen LogP contribution in [0.5, 0.6) is 5.75 Å². The number of ether oxygens (including phenoxy) is 1. The molecule has 0 atom stereocenters. The molecule has 0 aliphatic heterocycles. The molecule has 2 N–H and O–H groups in total. The van der Waals surface area contributed by atoms with Crippen LogP contribution in [-0.4, -0.2) is 40.8 Å². The van der Waals surface area contributed by atoms with E-state index in [1.165, 1.54) is 69.8 Å². The number of hydrogen-bond donors (Lipinski definition) is 2. The number of aromatic nitrogens is 1. The van der Waals surface area contributed by atoms with E-state index >= 15 is 0 Å². The van der Waals surface area contributed by atoms with Crippen molar-refractivity contribution in [3.63, 3.8) is 0 Å². The number of rotatable bonds is 16. The molecule has 37 heavy (non-hydrogen) atoms. The summed E-state index contributed by atoms with van der Waals surface area (Å²) in [5, 5.41) is 9.93. The number of hydroxylamine groups is 1. The second kappa shape index (κ2) is 14.2. The van der Waals surface area contributed by atoms with Gasteiger partial charge in [-0.2, -0.15) is 0 Å². The van der Waals surface area contributed by atoms with Gasteiger partial charge in [-0.05, 0) is 67.2 Å². The number of hydrogen-bond acceptors (Lipinski definition) is 4. The highest BCUT2D eigenvalue weighted by Gasteiger charge is 2.16. The average molecular weight is 506 g/mol. The Morgan fingerprint density at radius 2 is 1.78 bits per heavy atom. The van der Waals surface area contributed by atoms with Crippen molar-refractivity contribution < 1.29 is 14.7 Å². The Labute approximate surface area is 221 Å². The summed E-state index contributed by atoms with van der Waals surface area (Å²) in [7, 11) is 2.21. The molecule has 0 saturated heterocycles. The number of carbonyl (C=O) groups is 1. The Morgan fingerprint density at radius 3 is 2.51 bits per heavy atom. The van der Waals surface area contributed by atoms with Crippen LogP contribution >= 0.6 is 0 Å². The van der Waals surface area contributed by atoms with Gasteiger partial charge in [0.15, 0.2) is 0 Å². The molecule has 1 saturated carbocycles. The maximum absolute atomic E-state index is 11.7. The van der Waals surface area contributed by atoms with Crippen molar-refractivity contribution in [3.05, 3.63) is 65.9 Å². The smallest absolute Gasteiger partial charge is 0.274 e. The molecule has 4 rings (SSSR count). The second-order valence-corrected chi connectivity index (χ2v) is 10.7. The van der Waals surface area contributed by atoms with E-state index in [1.807, 2.05) is 30.5 Å². The molecule has 200 valence electrons. The van der Waals surface area contributed by atoms with Crippen LogP contribution in [-0.2, 0) is 13.1 Å². The molecule has 0 unspecified atom stereocenters. The highest BCUT2D eigenvalue weighted by Crippen LogP contribution is 2.31. The molecule has 1 amide bonds. The fraction of sp³-hybridized carbons (Fsp3) is 0.516. The van der Waals surface area contributed by atoms with Crippen LogP contribution in [0.25, 0.3) is 10.9 Å². The second-order valence-electron chi connectivity index (χ2n) is 10.7. The average Bonchev–Trinajstić information content (AvgIpc) is 3.29. The van der Waals surface area contributed by atoms with Gasteiger partial charge in [0, 0.05) is 23.8 Å². The summed E-state index contributed by atoms with van der Waals surface area (Å²) in [6.45, 7) is 3.30. The normalized spacial score (nSPS) is 13.7. The lowest BCUT2D eigenvalue weighted by molar-refractivity contribution is 0.0706. The molecule has 3 aromatic rings. The summed E-state index contributed by atoms with van der Waals surface area (Å²) in [6.07, 6.45) is 16.2. The lowest BCUT2D eigenvalue weighted by Gasteiger charge is -2.24. The van der Waals surface area contributed by atoms with Crippen LogP contribution in [0.15, 0.2) is 54.7 Å². The van der Waals surface area contributed by atoms with Crippen molar-refractivity contribution >= 4 is 16.8 Å². The molecule has 0 spiro atoms. The minimum atomic E-state index is -0.513. The van der Waals surface area contributed by atoms with E-state index in [9.17, 15) is 4.79 Å². The van der Waals surface area contributed by atoms with Gasteiger partial charge in [0.2, 0.25) is 0 Å². The number of unbranched alkanes of at least 4 members (excludes halogenated alkanes) is 5. The first-order valence-electron chi connectivity index (χ1n) is 14.1. The first-order valence-corrected chi connectivity index (χ1v) is 14.1. The Bertz CT molecular complexity index is 1100. The van der Waals surface area contributed by atoms with Gasteiger partial charge in [-0.1, -0.05) is 76.0 Å². The van der Waals surface area contributed by atoms with E-state index in [4.69, 9.17) is 9.94 Å². The summed E-state index contributed by atoms with van der Waals surface area (Å²) in [5.41, 5.74) is 4.35. The third-order valence-corrected chi connectivity index (χ3v) is 7.74. The van der Waals surface area contributed by atoms with Crippen LogP contribution < -0.4 is 10.2 Å². The summed E-state index contributed by atoms with van der Waals surface area (Å²) in [4.78, 5) is 14.1. The van der Waals surface area contributed by atoms with Crippen LogP contribution in [0.1, 0.15) is 80.1 Å². The molecular weight excluding hydrogens is 462 g/mol.